The van der Waals surface area contributed by atoms with Crippen molar-refractivity contribution in [2.75, 3.05) is 18.5 Å². The number of para-hydroxylation sites is 1. The van der Waals surface area contributed by atoms with Crippen LogP contribution in [0.4, 0.5) is 5.69 Å². The summed E-state index contributed by atoms with van der Waals surface area (Å²) in [7, 11) is 0. The molecule has 0 saturated heterocycles. The molecule has 0 aliphatic rings. The van der Waals surface area contributed by atoms with Crippen molar-refractivity contribution in [3.8, 4) is 5.95 Å². The van der Waals surface area contributed by atoms with Gasteiger partial charge in [-0.1, -0.05) is 18.2 Å². The topological polar surface area (TPSA) is 83.7 Å². The number of hydrogen-bond donors (Lipinski definition) is 3. The number of furan rings is 1. The fraction of sp³-hybridized carbons (Fsp3) is 0.389. The highest BCUT2D eigenvalue weighted by Crippen LogP contribution is 2.21. The Kier molecular flexibility index (Phi) is 6.11. The number of anilines is 1. The molecule has 1 amide bonds. The van der Waals surface area contributed by atoms with Crippen LogP contribution < -0.4 is 15.4 Å². The molecule has 1 aromatic heterocycles. The minimum absolute atomic E-state index is 0.00358. The van der Waals surface area contributed by atoms with Gasteiger partial charge in [-0.05, 0) is 44.5 Å². The molecule has 1 unspecified atom stereocenters. The summed E-state index contributed by atoms with van der Waals surface area (Å²) in [5, 5.41) is 16.9. The van der Waals surface area contributed by atoms with Gasteiger partial charge in [-0.25, -0.2) is 0 Å². The first-order chi connectivity index (χ1) is 11.7. The number of halogens is 1. The lowest BCUT2D eigenvalue weighted by Crippen LogP contribution is -2.57. The number of carbonyl (C=O) groups excluding carboxylic acids is 1. The van der Waals surface area contributed by atoms with Gasteiger partial charge in [0.1, 0.15) is 6.61 Å². The Morgan fingerprint density at radius 3 is 2.44 bits per heavy atom. The molecule has 7 heteroatoms. The van der Waals surface area contributed by atoms with Gasteiger partial charge in [0.05, 0.1) is 0 Å². The quantitative estimate of drug-likeness (QED) is 0.701. The van der Waals surface area contributed by atoms with E-state index in [2.05, 4.69) is 10.6 Å². The number of rotatable bonds is 7. The molecule has 0 radical (unpaired) electrons. The summed E-state index contributed by atoms with van der Waals surface area (Å²) in [6.07, 6.45) is 0. The lowest BCUT2D eigenvalue weighted by molar-refractivity contribution is -0.137. The molecule has 0 bridgehead atoms. The lowest BCUT2D eigenvalue weighted by Gasteiger charge is -2.30. The minimum atomic E-state index is -1.80. The van der Waals surface area contributed by atoms with Crippen molar-refractivity contribution in [3.63, 3.8) is 0 Å². The first-order valence-corrected chi connectivity index (χ1v) is 8.28. The second-order valence-corrected chi connectivity index (χ2v) is 7.18. The third-order valence-electron chi connectivity index (χ3n) is 3.37. The van der Waals surface area contributed by atoms with Crippen LogP contribution >= 0.6 is 11.6 Å². The van der Waals surface area contributed by atoms with Gasteiger partial charge in [-0.2, -0.15) is 0 Å². The number of ether oxygens (including phenoxy) is 1. The molecule has 0 fully saturated rings. The number of hydrogen-bond acceptors (Lipinski definition) is 5. The van der Waals surface area contributed by atoms with Gasteiger partial charge in [0, 0.05) is 29.9 Å². The molecule has 0 aliphatic heterocycles. The van der Waals surface area contributed by atoms with Crippen molar-refractivity contribution in [3.05, 3.63) is 47.7 Å². The second kappa shape index (κ2) is 7.91. The summed E-state index contributed by atoms with van der Waals surface area (Å²) in [6.45, 7) is 5.53. The molecule has 1 heterocycles. The van der Waals surface area contributed by atoms with E-state index in [9.17, 15) is 9.90 Å². The Bertz CT molecular complexity index is 697. The van der Waals surface area contributed by atoms with Crippen LogP contribution in [0.15, 0.2) is 46.9 Å². The summed E-state index contributed by atoms with van der Waals surface area (Å²) in [4.78, 5) is 12.6. The fourth-order valence-corrected chi connectivity index (χ4v) is 2.08. The summed E-state index contributed by atoms with van der Waals surface area (Å²) in [5.41, 5.74) is -1.50. The highest BCUT2D eigenvalue weighted by atomic mass is 35.5. The molecule has 0 spiro atoms. The molecule has 136 valence electrons. The molecule has 3 N–H and O–H groups in total. The zero-order valence-electron chi connectivity index (χ0n) is 14.5. The van der Waals surface area contributed by atoms with Crippen LogP contribution in [-0.2, 0) is 4.79 Å². The van der Waals surface area contributed by atoms with Crippen LogP contribution in [-0.4, -0.2) is 35.3 Å². The average molecular weight is 367 g/mol. The summed E-state index contributed by atoms with van der Waals surface area (Å²) < 4.78 is 10.5. The maximum atomic E-state index is 12.6. The molecule has 0 aliphatic carbocycles. The lowest BCUT2D eigenvalue weighted by atomic mass is 10.0. The van der Waals surface area contributed by atoms with Crippen molar-refractivity contribution in [2.45, 2.75) is 31.9 Å². The maximum Gasteiger partial charge on any atom is 0.285 e. The first-order valence-electron chi connectivity index (χ1n) is 7.90. The molecule has 2 aromatic rings. The van der Waals surface area contributed by atoms with E-state index >= 15 is 0 Å². The molecule has 1 atom stereocenters. The largest absolute Gasteiger partial charge is 0.461 e. The van der Waals surface area contributed by atoms with E-state index in [-0.39, 0.29) is 29.9 Å². The Morgan fingerprint density at radius 2 is 1.88 bits per heavy atom. The zero-order chi connectivity index (χ0) is 18.5. The highest BCUT2D eigenvalue weighted by molar-refractivity contribution is 6.28. The van der Waals surface area contributed by atoms with Crippen LogP contribution in [0.1, 0.15) is 20.8 Å². The Morgan fingerprint density at radius 1 is 1.20 bits per heavy atom. The van der Waals surface area contributed by atoms with E-state index in [0.29, 0.717) is 5.69 Å². The van der Waals surface area contributed by atoms with E-state index in [4.69, 9.17) is 20.8 Å². The summed E-state index contributed by atoms with van der Waals surface area (Å²) in [6, 6.07) is 12.0. The van der Waals surface area contributed by atoms with Gasteiger partial charge in [-0.3, -0.25) is 4.79 Å². The van der Waals surface area contributed by atoms with E-state index < -0.39 is 11.5 Å². The number of benzene rings is 1. The number of amides is 1. The number of β-amino-alcohol motifs (C(OH)–C–C–N with tert-alkyl or cyclic N) is 1. The van der Waals surface area contributed by atoms with Gasteiger partial charge in [0.25, 0.3) is 11.9 Å². The fourth-order valence-electron chi connectivity index (χ4n) is 1.94. The summed E-state index contributed by atoms with van der Waals surface area (Å²) >= 11 is 5.70. The van der Waals surface area contributed by atoms with E-state index in [1.807, 2.05) is 26.8 Å². The van der Waals surface area contributed by atoms with Crippen molar-refractivity contribution < 1.29 is 19.1 Å². The predicted octanol–water partition coefficient (Wildman–Crippen LogP) is 3.07. The van der Waals surface area contributed by atoms with Gasteiger partial charge in [0.2, 0.25) is 0 Å². The highest BCUT2D eigenvalue weighted by Gasteiger charge is 2.38. The molecular weight excluding hydrogens is 344 g/mol. The molecule has 1 aromatic carbocycles. The van der Waals surface area contributed by atoms with E-state index in [1.165, 1.54) is 12.1 Å². The molecule has 0 saturated carbocycles. The standard InChI is InChI=1S/C18H23ClN2O4/c1-17(2,3)20-11-18(23,12-24-15-10-9-14(19)25-15)16(22)21-13-7-5-4-6-8-13/h4-10,20,23H,11-12H2,1-3H3,(H,21,22). The van der Waals surface area contributed by atoms with Crippen molar-refractivity contribution in [1.82, 2.24) is 5.32 Å². The average Bonchev–Trinajstić information content (AvgIpc) is 2.97. The SMILES string of the molecule is CC(C)(C)NCC(O)(COc1ccc(Cl)o1)C(=O)Nc1ccccc1. The molecule has 6 nitrogen and oxygen atoms in total. The van der Waals surface area contributed by atoms with Crippen LogP contribution in [0.25, 0.3) is 0 Å². The Hall–Kier alpha value is -2.02. The van der Waals surface area contributed by atoms with Crippen LogP contribution in [0.5, 0.6) is 5.95 Å². The van der Waals surface area contributed by atoms with Crippen LogP contribution in [0.2, 0.25) is 5.22 Å². The third-order valence-corrected chi connectivity index (χ3v) is 3.57. The molecular formula is C18H23ClN2O4. The Balaban J connectivity index is 2.10. The predicted molar refractivity (Wildman–Crippen MR) is 97.0 cm³/mol. The maximum absolute atomic E-state index is 12.6. The van der Waals surface area contributed by atoms with Gasteiger partial charge in [0.15, 0.2) is 10.8 Å². The molecule has 25 heavy (non-hydrogen) atoms. The number of aliphatic hydroxyl groups is 1. The number of carbonyl (C=O) groups is 1. The van der Waals surface area contributed by atoms with Gasteiger partial charge >= 0.3 is 0 Å². The van der Waals surface area contributed by atoms with Crippen molar-refractivity contribution >= 4 is 23.2 Å². The monoisotopic (exact) mass is 366 g/mol. The minimum Gasteiger partial charge on any atom is -0.461 e. The third kappa shape index (κ3) is 6.08. The van der Waals surface area contributed by atoms with Crippen LogP contribution in [0, 0.1) is 0 Å². The van der Waals surface area contributed by atoms with Gasteiger partial charge in [-0.15, -0.1) is 0 Å². The normalized spacial score (nSPS) is 14.0. The zero-order valence-corrected chi connectivity index (χ0v) is 15.3. The van der Waals surface area contributed by atoms with Gasteiger partial charge < -0.3 is 24.9 Å². The van der Waals surface area contributed by atoms with Crippen molar-refractivity contribution in [1.29, 1.82) is 0 Å². The second-order valence-electron chi connectivity index (χ2n) is 6.80. The first kappa shape index (κ1) is 19.3. The van der Waals surface area contributed by atoms with E-state index in [1.54, 1.807) is 24.3 Å². The molecule has 2 rings (SSSR count). The van der Waals surface area contributed by atoms with Crippen LogP contribution in [0.3, 0.4) is 0 Å². The smallest absolute Gasteiger partial charge is 0.285 e. The number of nitrogens with one attached hydrogen (secondary N) is 2. The Labute approximate surface area is 152 Å². The summed E-state index contributed by atoms with van der Waals surface area (Å²) in [5.74, 6) is -0.445. The van der Waals surface area contributed by atoms with E-state index in [0.717, 1.165) is 0 Å². The van der Waals surface area contributed by atoms with Crippen molar-refractivity contribution in [2.24, 2.45) is 0 Å².